The van der Waals surface area contributed by atoms with Gasteiger partial charge in [-0.1, -0.05) is 35.4 Å². The number of carbonyl (C=O) groups excluding carboxylic acids is 4. The van der Waals surface area contributed by atoms with Crippen molar-refractivity contribution >= 4 is 46.3 Å². The van der Waals surface area contributed by atoms with Crippen molar-refractivity contribution < 1.29 is 19.2 Å². The quantitative estimate of drug-likeness (QED) is 0.562. The molecule has 118 valence electrons. The van der Waals surface area contributed by atoms with Gasteiger partial charge in [-0.2, -0.15) is 0 Å². The molecule has 0 aromatic carbocycles. The van der Waals surface area contributed by atoms with Gasteiger partial charge in [0.15, 0.2) is 0 Å². The number of carbonyl (C=O) groups is 4. The molecule has 2 heterocycles. The molecular weight excluding hydrogens is 341 g/mol. The molecule has 0 fully saturated rings. The van der Waals surface area contributed by atoms with Crippen LogP contribution in [0.2, 0.25) is 0 Å². The van der Waals surface area contributed by atoms with Crippen molar-refractivity contribution in [2.75, 3.05) is 0 Å². The summed E-state index contributed by atoms with van der Waals surface area (Å²) < 4.78 is 0. The zero-order chi connectivity index (χ0) is 17.1. The van der Waals surface area contributed by atoms with Crippen molar-refractivity contribution in [3.8, 4) is 0 Å². The zero-order valence-corrected chi connectivity index (χ0v) is 13.7. The van der Waals surface area contributed by atoms with Crippen LogP contribution >= 0.6 is 23.2 Å². The van der Waals surface area contributed by atoms with Gasteiger partial charge in [-0.25, -0.2) is 0 Å². The normalized spacial score (nSPS) is 25.0. The summed E-state index contributed by atoms with van der Waals surface area (Å²) in [6, 6.07) is -0.785. The van der Waals surface area contributed by atoms with Crippen LogP contribution in [0.3, 0.4) is 0 Å². The molecule has 0 spiro atoms. The first-order chi connectivity index (χ1) is 10.8. The van der Waals surface area contributed by atoms with E-state index < -0.39 is 44.7 Å². The molecule has 1 atom stereocenters. The predicted octanol–water partition coefficient (Wildman–Crippen LogP) is 2.01. The van der Waals surface area contributed by atoms with Crippen LogP contribution in [0.1, 0.15) is 13.8 Å². The number of hydrogen-bond donors (Lipinski definition) is 0. The molecule has 5 nitrogen and oxygen atoms in total. The second kappa shape index (κ2) is 5.01. The van der Waals surface area contributed by atoms with Crippen molar-refractivity contribution in [1.82, 2.24) is 4.90 Å². The topological polar surface area (TPSA) is 71.5 Å². The fraction of sp³-hybridized carbons (Fsp3) is 0.250. The van der Waals surface area contributed by atoms with Gasteiger partial charge in [0, 0.05) is 6.20 Å². The van der Waals surface area contributed by atoms with E-state index in [0.717, 1.165) is 0 Å². The first-order valence-corrected chi connectivity index (χ1v) is 7.56. The molecule has 0 saturated heterocycles. The van der Waals surface area contributed by atoms with Crippen molar-refractivity contribution in [1.29, 1.82) is 0 Å². The average Bonchev–Trinajstić information content (AvgIpc) is 2.83. The van der Waals surface area contributed by atoms with E-state index in [-0.39, 0.29) is 11.3 Å². The molecule has 1 aliphatic carbocycles. The van der Waals surface area contributed by atoms with Crippen LogP contribution in [-0.4, -0.2) is 34.1 Å². The van der Waals surface area contributed by atoms with Crippen molar-refractivity contribution in [2.45, 2.75) is 19.9 Å². The molecule has 0 saturated carbocycles. The maximum atomic E-state index is 12.7. The van der Waals surface area contributed by atoms with Gasteiger partial charge in [0.25, 0.3) is 0 Å². The Morgan fingerprint density at radius 1 is 1.04 bits per heavy atom. The van der Waals surface area contributed by atoms with E-state index in [1.807, 2.05) is 0 Å². The minimum Gasteiger partial charge on any atom is -0.336 e. The maximum absolute atomic E-state index is 12.7. The third-order valence-electron chi connectivity index (χ3n) is 4.43. The SMILES string of the molecule is CC(=O)C1(C(C)=O)C2=C(C(=O)C(Cl)=C(Cl)C2=O)N2C=CC=C[C@H]21. The van der Waals surface area contributed by atoms with Gasteiger partial charge in [0.2, 0.25) is 11.6 Å². The summed E-state index contributed by atoms with van der Waals surface area (Å²) in [6.45, 7) is 2.46. The van der Waals surface area contributed by atoms with E-state index >= 15 is 0 Å². The van der Waals surface area contributed by atoms with E-state index in [0.29, 0.717) is 0 Å². The minimum atomic E-state index is -1.76. The number of nitrogens with zero attached hydrogens (tertiary/aromatic N) is 1. The Labute approximate surface area is 141 Å². The molecule has 7 heteroatoms. The molecule has 2 aliphatic heterocycles. The number of halogens is 2. The van der Waals surface area contributed by atoms with E-state index in [2.05, 4.69) is 0 Å². The van der Waals surface area contributed by atoms with Gasteiger partial charge in [0.1, 0.15) is 27.0 Å². The average molecular weight is 352 g/mol. The largest absolute Gasteiger partial charge is 0.336 e. The Bertz CT molecular complexity index is 802. The molecule has 3 rings (SSSR count). The van der Waals surface area contributed by atoms with Crippen LogP contribution in [0.4, 0.5) is 0 Å². The van der Waals surface area contributed by atoms with Crippen LogP contribution in [-0.2, 0) is 19.2 Å². The van der Waals surface area contributed by atoms with Crippen molar-refractivity contribution in [3.63, 3.8) is 0 Å². The monoisotopic (exact) mass is 351 g/mol. The van der Waals surface area contributed by atoms with Crippen LogP contribution < -0.4 is 0 Å². The Kier molecular flexibility index (Phi) is 3.46. The molecule has 3 aliphatic rings. The Morgan fingerprint density at radius 3 is 2.17 bits per heavy atom. The van der Waals surface area contributed by atoms with Gasteiger partial charge in [0.05, 0.1) is 17.3 Å². The second-order valence-electron chi connectivity index (χ2n) is 5.51. The lowest BCUT2D eigenvalue weighted by Gasteiger charge is -2.34. The standard InChI is InChI=1S/C16H11Cl2NO4/c1-7(20)16(8(2)21)9-5-3-4-6-19(9)13-10(16)14(22)11(17)12(18)15(13)23/h3-6,9H,1-2H3/t9-/m0/s1. The van der Waals surface area contributed by atoms with Gasteiger partial charge in [-0.15, -0.1) is 0 Å². The highest BCUT2D eigenvalue weighted by Gasteiger charge is 2.63. The van der Waals surface area contributed by atoms with E-state index in [1.165, 1.54) is 18.7 Å². The molecule has 0 radical (unpaired) electrons. The molecular formula is C16H11Cl2NO4. The number of rotatable bonds is 2. The Morgan fingerprint density at radius 2 is 1.61 bits per heavy atom. The summed E-state index contributed by atoms with van der Waals surface area (Å²) >= 11 is 11.7. The van der Waals surface area contributed by atoms with Gasteiger partial charge in [-0.3, -0.25) is 19.2 Å². The summed E-state index contributed by atoms with van der Waals surface area (Å²) in [6.07, 6.45) is 6.46. The number of Topliss-reactive ketones (excluding diaryl/α,β-unsaturated/α-hetero) is 4. The predicted molar refractivity (Wildman–Crippen MR) is 83.5 cm³/mol. The minimum absolute atomic E-state index is 0.0552. The number of fused-ring (bicyclic) bond motifs is 2. The van der Waals surface area contributed by atoms with Crippen molar-refractivity contribution in [2.24, 2.45) is 5.41 Å². The third-order valence-corrected chi connectivity index (χ3v) is 5.25. The van der Waals surface area contributed by atoms with Crippen molar-refractivity contribution in [3.05, 3.63) is 45.8 Å². The highest BCUT2D eigenvalue weighted by atomic mass is 35.5. The zero-order valence-electron chi connectivity index (χ0n) is 12.2. The highest BCUT2D eigenvalue weighted by molar-refractivity contribution is 6.59. The molecule has 23 heavy (non-hydrogen) atoms. The van der Waals surface area contributed by atoms with Gasteiger partial charge in [-0.05, 0) is 19.9 Å². The lowest BCUT2D eigenvalue weighted by atomic mass is 9.67. The molecule has 0 bridgehead atoms. The van der Waals surface area contributed by atoms with E-state index in [4.69, 9.17) is 23.2 Å². The second-order valence-corrected chi connectivity index (χ2v) is 6.26. The fourth-order valence-electron chi connectivity index (χ4n) is 3.47. The van der Waals surface area contributed by atoms with Crippen LogP contribution in [0.25, 0.3) is 0 Å². The van der Waals surface area contributed by atoms with Crippen LogP contribution in [0.5, 0.6) is 0 Å². The first kappa shape index (κ1) is 15.9. The maximum Gasteiger partial charge on any atom is 0.222 e. The summed E-state index contributed by atoms with van der Waals surface area (Å²) in [5, 5.41) is -0.866. The van der Waals surface area contributed by atoms with Crippen LogP contribution in [0.15, 0.2) is 45.8 Å². The lowest BCUT2D eigenvalue weighted by Crippen LogP contribution is -2.50. The lowest BCUT2D eigenvalue weighted by molar-refractivity contribution is -0.138. The summed E-state index contributed by atoms with van der Waals surface area (Å²) in [7, 11) is 0. The number of hydrogen-bond acceptors (Lipinski definition) is 5. The fourth-order valence-corrected chi connectivity index (χ4v) is 3.83. The molecule has 0 N–H and O–H groups in total. The van der Waals surface area contributed by atoms with E-state index in [1.54, 1.807) is 24.4 Å². The smallest absolute Gasteiger partial charge is 0.222 e. The summed E-state index contributed by atoms with van der Waals surface area (Å²) in [5.41, 5.74) is -2.00. The number of allylic oxidation sites excluding steroid dienone is 4. The summed E-state index contributed by atoms with van der Waals surface area (Å²) in [4.78, 5) is 51.6. The van der Waals surface area contributed by atoms with Gasteiger partial charge >= 0.3 is 0 Å². The molecule has 0 unspecified atom stereocenters. The number of ketones is 4. The van der Waals surface area contributed by atoms with Crippen LogP contribution in [0, 0.1) is 5.41 Å². The van der Waals surface area contributed by atoms with E-state index in [9.17, 15) is 19.2 Å². The molecule has 0 amide bonds. The molecule has 0 aromatic heterocycles. The van der Waals surface area contributed by atoms with Gasteiger partial charge < -0.3 is 4.90 Å². The highest BCUT2D eigenvalue weighted by Crippen LogP contribution is 2.52. The first-order valence-electron chi connectivity index (χ1n) is 6.81. The Hall–Kier alpha value is -1.98. The molecule has 0 aromatic rings. The Balaban J connectivity index is 2.40. The third kappa shape index (κ3) is 1.75. The summed E-state index contributed by atoms with van der Waals surface area (Å²) in [5.74, 6) is -2.46.